The quantitative estimate of drug-likeness (QED) is 0.549. The van der Waals surface area contributed by atoms with Crippen LogP contribution in [-0.4, -0.2) is 7.05 Å². The monoisotopic (exact) mass is 155 g/mol. The van der Waals surface area contributed by atoms with Gasteiger partial charge in [0.1, 0.15) is 0 Å². The molecule has 0 aromatic heterocycles. The summed E-state index contributed by atoms with van der Waals surface area (Å²) in [5, 5.41) is 0. The second-order valence-electron chi connectivity index (χ2n) is 1.79. The number of nitrogens with two attached hydrogens (primary N) is 1. The molecule has 0 aliphatic rings. The van der Waals surface area contributed by atoms with Crippen molar-refractivity contribution in [3.63, 3.8) is 0 Å². The lowest BCUT2D eigenvalue weighted by Crippen LogP contribution is -1.70. The van der Waals surface area contributed by atoms with Crippen molar-refractivity contribution in [1.82, 2.24) is 0 Å². The molecule has 2 N–H and O–H groups in total. The maximum Gasteiger partial charge on any atom is 0.00692 e. The highest BCUT2D eigenvalue weighted by atomic mass is 32.1. The van der Waals surface area contributed by atoms with Gasteiger partial charge in [-0.25, -0.2) is 0 Å². The molecule has 0 radical (unpaired) electrons. The minimum Gasteiger partial charge on any atom is -0.333 e. The van der Waals surface area contributed by atoms with E-state index in [0.717, 1.165) is 4.90 Å². The van der Waals surface area contributed by atoms with Crippen LogP contribution in [0.3, 0.4) is 0 Å². The molecule has 0 spiro atoms. The van der Waals surface area contributed by atoms with Crippen LogP contribution in [0.4, 0.5) is 0 Å². The molecular formula is C8H13NS. The summed E-state index contributed by atoms with van der Waals surface area (Å²) in [6, 6.07) is 8.02. The summed E-state index contributed by atoms with van der Waals surface area (Å²) in [6.07, 6.45) is 0. The van der Waals surface area contributed by atoms with Crippen molar-refractivity contribution in [3.05, 3.63) is 29.8 Å². The summed E-state index contributed by atoms with van der Waals surface area (Å²) in [4.78, 5) is 1.06. The lowest BCUT2D eigenvalue weighted by Gasteiger charge is -1.92. The zero-order valence-electron chi connectivity index (χ0n) is 6.33. The molecule has 0 saturated carbocycles. The topological polar surface area (TPSA) is 26.0 Å². The summed E-state index contributed by atoms with van der Waals surface area (Å²) < 4.78 is 0. The molecule has 0 aliphatic carbocycles. The summed E-state index contributed by atoms with van der Waals surface area (Å²) in [5.74, 6) is 0. The smallest absolute Gasteiger partial charge is 0.00692 e. The normalized spacial score (nSPS) is 8.00. The highest BCUT2D eigenvalue weighted by molar-refractivity contribution is 7.80. The molecular weight excluding hydrogens is 142 g/mol. The fraction of sp³-hybridized carbons (Fsp3) is 0.250. The van der Waals surface area contributed by atoms with E-state index in [1.54, 1.807) is 0 Å². The number of aryl methyl sites for hydroxylation is 1. The molecule has 2 heteroatoms. The number of thiol groups is 1. The zero-order valence-corrected chi connectivity index (χ0v) is 7.23. The number of hydrogen-bond acceptors (Lipinski definition) is 2. The Kier molecular flexibility index (Phi) is 5.08. The van der Waals surface area contributed by atoms with Crippen molar-refractivity contribution in [2.24, 2.45) is 5.73 Å². The van der Waals surface area contributed by atoms with Crippen LogP contribution >= 0.6 is 12.6 Å². The predicted octanol–water partition coefficient (Wildman–Crippen LogP) is 1.86. The van der Waals surface area contributed by atoms with Gasteiger partial charge in [0.25, 0.3) is 0 Å². The number of rotatable bonds is 0. The third-order valence-electron chi connectivity index (χ3n) is 1.12. The number of hydrogen-bond donors (Lipinski definition) is 2. The van der Waals surface area contributed by atoms with Crippen molar-refractivity contribution in [1.29, 1.82) is 0 Å². The van der Waals surface area contributed by atoms with E-state index in [2.05, 4.69) is 18.4 Å². The van der Waals surface area contributed by atoms with E-state index in [0.29, 0.717) is 0 Å². The molecule has 56 valence electrons. The predicted molar refractivity (Wildman–Crippen MR) is 48.5 cm³/mol. The van der Waals surface area contributed by atoms with Gasteiger partial charge in [-0.1, -0.05) is 18.2 Å². The minimum atomic E-state index is 1.06. The van der Waals surface area contributed by atoms with Crippen molar-refractivity contribution in [2.45, 2.75) is 11.8 Å². The molecule has 0 aliphatic heterocycles. The first-order valence-electron chi connectivity index (χ1n) is 3.13. The summed E-state index contributed by atoms with van der Waals surface area (Å²) in [6.45, 7) is 2.04. The Balaban J connectivity index is 0.000000371. The van der Waals surface area contributed by atoms with E-state index in [1.165, 1.54) is 12.6 Å². The average molecular weight is 155 g/mol. The van der Waals surface area contributed by atoms with Gasteiger partial charge in [-0.15, -0.1) is 12.6 Å². The third-order valence-corrected chi connectivity index (χ3v) is 1.62. The molecule has 0 unspecified atom stereocenters. The van der Waals surface area contributed by atoms with Crippen LogP contribution in [-0.2, 0) is 0 Å². The first-order valence-corrected chi connectivity index (χ1v) is 3.58. The molecule has 0 atom stereocenters. The largest absolute Gasteiger partial charge is 0.333 e. The molecule has 1 aromatic carbocycles. The van der Waals surface area contributed by atoms with Crippen LogP contribution < -0.4 is 5.73 Å². The molecule has 0 bridgehead atoms. The molecule has 0 heterocycles. The van der Waals surface area contributed by atoms with E-state index in [9.17, 15) is 0 Å². The highest BCUT2D eigenvalue weighted by Crippen LogP contribution is 2.09. The Labute approximate surface area is 67.7 Å². The second-order valence-corrected chi connectivity index (χ2v) is 2.27. The van der Waals surface area contributed by atoms with E-state index in [4.69, 9.17) is 0 Å². The molecule has 1 rings (SSSR count). The van der Waals surface area contributed by atoms with Crippen LogP contribution in [0.25, 0.3) is 0 Å². The first-order chi connectivity index (χ1) is 4.80. The van der Waals surface area contributed by atoms with Gasteiger partial charge in [0.15, 0.2) is 0 Å². The maximum absolute atomic E-state index is 4.50. The van der Waals surface area contributed by atoms with Crippen LogP contribution in [0.1, 0.15) is 5.56 Å². The minimum absolute atomic E-state index is 1.06. The Hall–Kier alpha value is -0.470. The zero-order chi connectivity index (χ0) is 7.98. The van der Waals surface area contributed by atoms with Gasteiger partial charge in [0.2, 0.25) is 0 Å². The molecule has 0 fully saturated rings. The maximum atomic E-state index is 4.50. The highest BCUT2D eigenvalue weighted by Gasteiger charge is 1.84. The van der Waals surface area contributed by atoms with E-state index >= 15 is 0 Å². The fourth-order valence-electron chi connectivity index (χ4n) is 0.563. The van der Waals surface area contributed by atoms with Crippen LogP contribution in [0, 0.1) is 6.92 Å². The van der Waals surface area contributed by atoms with Crippen molar-refractivity contribution in [3.8, 4) is 0 Å². The second kappa shape index (κ2) is 5.33. The molecule has 1 aromatic rings. The van der Waals surface area contributed by atoms with Crippen LogP contribution in [0.15, 0.2) is 29.2 Å². The Bertz CT molecular complexity index is 165. The van der Waals surface area contributed by atoms with Gasteiger partial charge < -0.3 is 5.73 Å². The first kappa shape index (κ1) is 9.53. The van der Waals surface area contributed by atoms with Gasteiger partial charge in [0.05, 0.1) is 0 Å². The standard InChI is InChI=1S/C7H8S.CH5N/c1-6-4-2-3-5-7(6)8;1-2/h2-5,8H,1H3;2H2,1H3. The summed E-state index contributed by atoms with van der Waals surface area (Å²) >= 11 is 4.20. The van der Waals surface area contributed by atoms with Gasteiger partial charge in [-0.2, -0.15) is 0 Å². The molecule has 0 amide bonds. The fourth-order valence-corrected chi connectivity index (χ4v) is 0.724. The molecule has 1 nitrogen and oxygen atoms in total. The SMILES string of the molecule is CN.Cc1ccccc1S. The van der Waals surface area contributed by atoms with Crippen LogP contribution in [0.5, 0.6) is 0 Å². The van der Waals surface area contributed by atoms with Crippen molar-refractivity contribution >= 4 is 12.6 Å². The van der Waals surface area contributed by atoms with Gasteiger partial charge in [-0.3, -0.25) is 0 Å². The van der Waals surface area contributed by atoms with E-state index < -0.39 is 0 Å². The van der Waals surface area contributed by atoms with Crippen molar-refractivity contribution < 1.29 is 0 Å². The molecule has 0 saturated heterocycles. The van der Waals surface area contributed by atoms with Gasteiger partial charge in [0, 0.05) is 4.90 Å². The van der Waals surface area contributed by atoms with E-state index in [-0.39, 0.29) is 0 Å². The Morgan fingerprint density at radius 1 is 1.20 bits per heavy atom. The Morgan fingerprint density at radius 3 is 2.00 bits per heavy atom. The average Bonchev–Trinajstić information content (AvgIpc) is 2.00. The summed E-state index contributed by atoms with van der Waals surface area (Å²) in [5.41, 5.74) is 5.73. The Morgan fingerprint density at radius 2 is 1.70 bits per heavy atom. The lowest BCUT2D eigenvalue weighted by atomic mass is 10.2. The lowest BCUT2D eigenvalue weighted by molar-refractivity contribution is 1.31. The molecule has 10 heavy (non-hydrogen) atoms. The van der Waals surface area contributed by atoms with Crippen molar-refractivity contribution in [2.75, 3.05) is 7.05 Å². The van der Waals surface area contributed by atoms with Crippen LogP contribution in [0.2, 0.25) is 0 Å². The van der Waals surface area contributed by atoms with E-state index in [1.807, 2.05) is 31.2 Å². The van der Waals surface area contributed by atoms with Gasteiger partial charge in [-0.05, 0) is 25.6 Å². The number of benzene rings is 1. The van der Waals surface area contributed by atoms with Gasteiger partial charge >= 0.3 is 0 Å². The third kappa shape index (κ3) is 2.90. The summed E-state index contributed by atoms with van der Waals surface area (Å²) in [7, 11) is 1.50.